The SMILES string of the molecule is CC(N)Cc1cc(Br)c2[nH]ncc2c1. The van der Waals surface area contributed by atoms with Crippen LogP contribution in [0.3, 0.4) is 0 Å². The van der Waals surface area contributed by atoms with E-state index in [2.05, 4.69) is 38.3 Å². The van der Waals surface area contributed by atoms with Crippen molar-refractivity contribution in [2.24, 2.45) is 5.73 Å². The highest BCUT2D eigenvalue weighted by Gasteiger charge is 2.05. The van der Waals surface area contributed by atoms with Gasteiger partial charge < -0.3 is 5.73 Å². The summed E-state index contributed by atoms with van der Waals surface area (Å²) in [6.07, 6.45) is 2.71. The second-order valence-electron chi connectivity index (χ2n) is 3.59. The van der Waals surface area contributed by atoms with Crippen LogP contribution in [0.25, 0.3) is 10.9 Å². The van der Waals surface area contributed by atoms with Crippen LogP contribution in [0, 0.1) is 0 Å². The summed E-state index contributed by atoms with van der Waals surface area (Å²) in [5, 5.41) is 8.06. The minimum atomic E-state index is 0.186. The molecule has 0 radical (unpaired) electrons. The van der Waals surface area contributed by atoms with E-state index < -0.39 is 0 Å². The van der Waals surface area contributed by atoms with Gasteiger partial charge in [-0.15, -0.1) is 0 Å². The number of H-pyrrole nitrogens is 1. The number of nitrogens with one attached hydrogen (secondary N) is 1. The van der Waals surface area contributed by atoms with Gasteiger partial charge >= 0.3 is 0 Å². The normalized spacial score (nSPS) is 13.4. The lowest BCUT2D eigenvalue weighted by molar-refractivity contribution is 0.738. The van der Waals surface area contributed by atoms with Gasteiger partial charge in [0.1, 0.15) is 0 Å². The fraction of sp³-hybridized carbons (Fsp3) is 0.300. The molecule has 74 valence electrons. The molecule has 0 saturated heterocycles. The maximum atomic E-state index is 5.76. The van der Waals surface area contributed by atoms with Crippen LogP contribution in [0.2, 0.25) is 0 Å². The summed E-state index contributed by atoms with van der Waals surface area (Å²) in [5.74, 6) is 0. The monoisotopic (exact) mass is 253 g/mol. The molecule has 0 saturated carbocycles. The molecule has 0 fully saturated rings. The van der Waals surface area contributed by atoms with E-state index in [4.69, 9.17) is 5.73 Å². The van der Waals surface area contributed by atoms with Gasteiger partial charge in [0.05, 0.1) is 11.7 Å². The zero-order valence-corrected chi connectivity index (χ0v) is 9.51. The van der Waals surface area contributed by atoms with Gasteiger partial charge in [-0.1, -0.05) is 0 Å². The van der Waals surface area contributed by atoms with Gasteiger partial charge in [-0.2, -0.15) is 5.10 Å². The highest BCUT2D eigenvalue weighted by Crippen LogP contribution is 2.24. The predicted molar refractivity (Wildman–Crippen MR) is 61.1 cm³/mol. The van der Waals surface area contributed by atoms with Gasteiger partial charge in [-0.25, -0.2) is 0 Å². The van der Waals surface area contributed by atoms with Crippen LogP contribution in [0.1, 0.15) is 12.5 Å². The van der Waals surface area contributed by atoms with Crippen LogP contribution in [-0.4, -0.2) is 16.2 Å². The van der Waals surface area contributed by atoms with Gasteiger partial charge in [0, 0.05) is 15.9 Å². The number of fused-ring (bicyclic) bond motifs is 1. The minimum Gasteiger partial charge on any atom is -0.328 e. The first-order valence-corrected chi connectivity index (χ1v) is 5.33. The Morgan fingerprint density at radius 2 is 2.36 bits per heavy atom. The molecule has 1 aromatic heterocycles. The van der Waals surface area contributed by atoms with Crippen molar-refractivity contribution in [3.8, 4) is 0 Å². The second kappa shape index (κ2) is 3.71. The maximum Gasteiger partial charge on any atom is 0.0792 e. The Morgan fingerprint density at radius 1 is 1.57 bits per heavy atom. The van der Waals surface area contributed by atoms with Gasteiger partial charge in [0.25, 0.3) is 0 Å². The number of nitrogens with zero attached hydrogens (tertiary/aromatic N) is 1. The van der Waals surface area contributed by atoms with Gasteiger partial charge in [0.2, 0.25) is 0 Å². The largest absolute Gasteiger partial charge is 0.328 e. The van der Waals surface area contributed by atoms with Crippen LogP contribution in [0.15, 0.2) is 22.8 Å². The first-order valence-electron chi connectivity index (χ1n) is 4.54. The van der Waals surface area contributed by atoms with Gasteiger partial charge in [0.15, 0.2) is 0 Å². The molecule has 14 heavy (non-hydrogen) atoms. The standard InChI is InChI=1S/C10H12BrN3/c1-6(12)2-7-3-8-5-13-14-10(8)9(11)4-7/h3-6H,2,12H2,1H3,(H,13,14). The lowest BCUT2D eigenvalue weighted by atomic mass is 10.1. The number of hydrogen-bond acceptors (Lipinski definition) is 2. The van der Waals surface area contributed by atoms with E-state index in [1.165, 1.54) is 5.56 Å². The van der Waals surface area contributed by atoms with Crippen LogP contribution in [0.4, 0.5) is 0 Å². The van der Waals surface area contributed by atoms with E-state index >= 15 is 0 Å². The summed E-state index contributed by atoms with van der Waals surface area (Å²) in [4.78, 5) is 0. The molecular formula is C10H12BrN3. The maximum absolute atomic E-state index is 5.76. The van der Waals surface area contributed by atoms with Crippen molar-refractivity contribution in [3.63, 3.8) is 0 Å². The molecular weight excluding hydrogens is 242 g/mol. The molecule has 2 rings (SSSR count). The van der Waals surface area contributed by atoms with E-state index in [-0.39, 0.29) is 6.04 Å². The Bertz CT molecular complexity index is 448. The van der Waals surface area contributed by atoms with Gasteiger partial charge in [-0.3, -0.25) is 5.10 Å². The third-order valence-corrected chi connectivity index (χ3v) is 2.74. The van der Waals surface area contributed by atoms with Crippen molar-refractivity contribution in [1.82, 2.24) is 10.2 Å². The summed E-state index contributed by atoms with van der Waals surface area (Å²) in [6, 6.07) is 4.39. The molecule has 0 aliphatic carbocycles. The zero-order chi connectivity index (χ0) is 10.1. The Labute approximate surface area is 90.8 Å². The Morgan fingerprint density at radius 3 is 3.07 bits per heavy atom. The quantitative estimate of drug-likeness (QED) is 0.863. The Hall–Kier alpha value is -0.870. The summed E-state index contributed by atoms with van der Waals surface area (Å²) in [7, 11) is 0. The number of aromatic amines is 1. The van der Waals surface area contributed by atoms with Crippen LogP contribution < -0.4 is 5.73 Å². The van der Waals surface area contributed by atoms with Gasteiger partial charge in [-0.05, 0) is 47.0 Å². The van der Waals surface area contributed by atoms with E-state index in [0.717, 1.165) is 21.8 Å². The molecule has 1 aromatic carbocycles. The average Bonchev–Trinajstić information content (AvgIpc) is 2.50. The van der Waals surface area contributed by atoms with Crippen molar-refractivity contribution < 1.29 is 0 Å². The third-order valence-electron chi connectivity index (χ3n) is 2.12. The molecule has 0 aliphatic heterocycles. The van der Waals surface area contributed by atoms with E-state index in [0.29, 0.717) is 0 Å². The van der Waals surface area contributed by atoms with E-state index in [9.17, 15) is 0 Å². The minimum absolute atomic E-state index is 0.186. The number of hydrogen-bond donors (Lipinski definition) is 2. The van der Waals surface area contributed by atoms with Crippen LogP contribution >= 0.6 is 15.9 Å². The average molecular weight is 254 g/mol. The number of rotatable bonds is 2. The predicted octanol–water partition coefficient (Wildman–Crippen LogP) is 2.22. The zero-order valence-electron chi connectivity index (χ0n) is 7.92. The van der Waals surface area contributed by atoms with Crippen LogP contribution in [0.5, 0.6) is 0 Å². The summed E-state index contributed by atoms with van der Waals surface area (Å²) in [6.45, 7) is 2.01. The first kappa shape index (κ1) is 9.68. The number of benzene rings is 1. The molecule has 3 N–H and O–H groups in total. The number of aromatic nitrogens is 2. The van der Waals surface area contributed by atoms with Crippen molar-refractivity contribution in [3.05, 3.63) is 28.4 Å². The third kappa shape index (κ3) is 1.81. The van der Waals surface area contributed by atoms with Crippen molar-refractivity contribution in [1.29, 1.82) is 0 Å². The summed E-state index contributed by atoms with van der Waals surface area (Å²) >= 11 is 3.50. The molecule has 4 heteroatoms. The highest BCUT2D eigenvalue weighted by atomic mass is 79.9. The number of nitrogens with two attached hydrogens (primary N) is 1. The lowest BCUT2D eigenvalue weighted by Crippen LogP contribution is -2.17. The van der Waals surface area contributed by atoms with Crippen LogP contribution in [-0.2, 0) is 6.42 Å². The second-order valence-corrected chi connectivity index (χ2v) is 4.45. The topological polar surface area (TPSA) is 54.7 Å². The summed E-state index contributed by atoms with van der Waals surface area (Å²) in [5.41, 5.74) is 8.03. The molecule has 3 nitrogen and oxygen atoms in total. The van der Waals surface area contributed by atoms with Crippen molar-refractivity contribution in [2.45, 2.75) is 19.4 Å². The summed E-state index contributed by atoms with van der Waals surface area (Å²) < 4.78 is 1.04. The molecule has 1 atom stereocenters. The van der Waals surface area contributed by atoms with E-state index in [1.807, 2.05) is 13.1 Å². The Kier molecular flexibility index (Phi) is 2.56. The number of halogens is 1. The molecule has 0 bridgehead atoms. The molecule has 2 aromatic rings. The smallest absolute Gasteiger partial charge is 0.0792 e. The fourth-order valence-corrected chi connectivity index (χ4v) is 2.17. The molecule has 1 unspecified atom stereocenters. The van der Waals surface area contributed by atoms with E-state index in [1.54, 1.807) is 0 Å². The molecule has 0 aliphatic rings. The molecule has 1 heterocycles. The highest BCUT2D eigenvalue weighted by molar-refractivity contribution is 9.10. The fourth-order valence-electron chi connectivity index (χ4n) is 1.56. The van der Waals surface area contributed by atoms with Crippen molar-refractivity contribution >= 4 is 26.8 Å². The Balaban J connectivity index is 2.47. The lowest BCUT2D eigenvalue weighted by Gasteiger charge is -2.05. The molecule has 0 spiro atoms. The van der Waals surface area contributed by atoms with Crippen molar-refractivity contribution in [2.75, 3.05) is 0 Å². The molecule has 0 amide bonds. The first-order chi connectivity index (χ1) is 6.66.